The molecule has 1 rings (SSSR count). The number of hydrogen-bond donors (Lipinski definition) is 2. The van der Waals surface area contributed by atoms with Crippen molar-refractivity contribution in [1.82, 2.24) is 4.90 Å². The van der Waals surface area contributed by atoms with Gasteiger partial charge >= 0.3 is 0 Å². The second-order valence-corrected chi connectivity index (χ2v) is 6.36. The zero-order valence-corrected chi connectivity index (χ0v) is 11.5. The maximum atomic E-state index is 12.3. The predicted octanol–water partition coefficient (Wildman–Crippen LogP) is 1.12. The Hall–Kier alpha value is -0.610. The summed E-state index contributed by atoms with van der Waals surface area (Å²) in [6.45, 7) is 6.13. The van der Waals surface area contributed by atoms with Crippen LogP contribution in [-0.4, -0.2) is 40.6 Å². The van der Waals surface area contributed by atoms with Crippen molar-refractivity contribution in [3.8, 4) is 0 Å². The van der Waals surface area contributed by atoms with Gasteiger partial charge in [-0.2, -0.15) is 0 Å². The molecule has 17 heavy (non-hydrogen) atoms. The van der Waals surface area contributed by atoms with Gasteiger partial charge in [0, 0.05) is 24.0 Å². The highest BCUT2D eigenvalue weighted by Crippen LogP contribution is 2.32. The minimum absolute atomic E-state index is 0.0169. The fourth-order valence-corrected chi connectivity index (χ4v) is 2.20. The third-order valence-corrected chi connectivity index (χ3v) is 3.98. The van der Waals surface area contributed by atoms with Gasteiger partial charge in [0.25, 0.3) is 0 Å². The number of amides is 1. The lowest BCUT2D eigenvalue weighted by molar-refractivity contribution is -0.140. The first-order valence-electron chi connectivity index (χ1n) is 6.37. The van der Waals surface area contributed by atoms with Crippen molar-refractivity contribution in [2.24, 2.45) is 11.7 Å². The van der Waals surface area contributed by atoms with Gasteiger partial charge < -0.3 is 15.7 Å². The monoisotopic (exact) mass is 242 g/mol. The molecular weight excluding hydrogens is 216 g/mol. The molecule has 1 aliphatic rings. The van der Waals surface area contributed by atoms with Gasteiger partial charge in [-0.3, -0.25) is 4.79 Å². The Bertz CT molecular complexity index is 276. The number of carbonyl (C=O) groups excluding carboxylic acids is 1. The third kappa shape index (κ3) is 3.42. The Kier molecular flexibility index (Phi) is 4.20. The fourth-order valence-electron chi connectivity index (χ4n) is 2.20. The van der Waals surface area contributed by atoms with E-state index in [4.69, 9.17) is 5.73 Å². The van der Waals surface area contributed by atoms with Gasteiger partial charge in [-0.05, 0) is 46.5 Å². The summed E-state index contributed by atoms with van der Waals surface area (Å²) in [5.74, 6) is 0.278. The van der Waals surface area contributed by atoms with Crippen LogP contribution in [0.5, 0.6) is 0 Å². The summed E-state index contributed by atoms with van der Waals surface area (Å²) in [7, 11) is 1.86. The molecule has 4 heteroatoms. The van der Waals surface area contributed by atoms with Crippen LogP contribution in [0.25, 0.3) is 0 Å². The van der Waals surface area contributed by atoms with Crippen molar-refractivity contribution in [3.05, 3.63) is 0 Å². The summed E-state index contributed by atoms with van der Waals surface area (Å²) < 4.78 is 0. The van der Waals surface area contributed by atoms with Crippen LogP contribution in [0.15, 0.2) is 0 Å². The van der Waals surface area contributed by atoms with Gasteiger partial charge in [-0.15, -0.1) is 0 Å². The molecule has 1 amide bonds. The van der Waals surface area contributed by atoms with Crippen molar-refractivity contribution >= 4 is 5.91 Å². The van der Waals surface area contributed by atoms with E-state index in [1.807, 2.05) is 32.7 Å². The largest absolute Gasteiger partial charge is 0.394 e. The third-order valence-electron chi connectivity index (χ3n) is 3.98. The second-order valence-electron chi connectivity index (χ2n) is 6.36. The van der Waals surface area contributed by atoms with Gasteiger partial charge in [0.2, 0.25) is 5.91 Å². The molecule has 1 aliphatic carbocycles. The van der Waals surface area contributed by atoms with E-state index in [0.29, 0.717) is 0 Å². The lowest BCUT2D eigenvalue weighted by atomic mass is 9.77. The lowest BCUT2D eigenvalue weighted by Gasteiger charge is -2.39. The standard InChI is InChI=1S/C13H26N2O2/c1-12(2,3)15(4)11(17)10-5-7-13(14,9-16)8-6-10/h10,16H,5-9,14H2,1-4H3. The Labute approximate surface area is 104 Å². The molecule has 0 aliphatic heterocycles. The first kappa shape index (κ1) is 14.5. The van der Waals surface area contributed by atoms with E-state index < -0.39 is 5.54 Å². The Morgan fingerprint density at radius 3 is 2.24 bits per heavy atom. The molecule has 0 unspecified atom stereocenters. The van der Waals surface area contributed by atoms with Crippen molar-refractivity contribution in [1.29, 1.82) is 0 Å². The smallest absolute Gasteiger partial charge is 0.225 e. The number of nitrogens with zero attached hydrogens (tertiary/aromatic N) is 1. The average molecular weight is 242 g/mol. The van der Waals surface area contributed by atoms with E-state index in [9.17, 15) is 9.90 Å². The van der Waals surface area contributed by atoms with Crippen molar-refractivity contribution < 1.29 is 9.90 Å². The summed E-state index contributed by atoms with van der Waals surface area (Å²) in [6, 6.07) is 0. The quantitative estimate of drug-likeness (QED) is 0.762. The molecule has 0 aromatic rings. The zero-order valence-electron chi connectivity index (χ0n) is 11.5. The van der Waals surface area contributed by atoms with E-state index in [2.05, 4.69) is 0 Å². The fraction of sp³-hybridized carbons (Fsp3) is 0.923. The average Bonchev–Trinajstić information content (AvgIpc) is 2.27. The van der Waals surface area contributed by atoms with Gasteiger partial charge in [0.1, 0.15) is 0 Å². The Morgan fingerprint density at radius 2 is 1.88 bits per heavy atom. The van der Waals surface area contributed by atoms with Crippen LogP contribution < -0.4 is 5.73 Å². The normalized spacial score (nSPS) is 30.1. The first-order valence-corrected chi connectivity index (χ1v) is 6.37. The van der Waals surface area contributed by atoms with E-state index in [0.717, 1.165) is 25.7 Å². The number of hydrogen-bond acceptors (Lipinski definition) is 3. The van der Waals surface area contributed by atoms with E-state index in [1.54, 1.807) is 0 Å². The van der Waals surface area contributed by atoms with Crippen LogP contribution in [0.4, 0.5) is 0 Å². The number of aliphatic hydroxyl groups excluding tert-OH is 1. The molecule has 0 spiro atoms. The van der Waals surface area contributed by atoms with Gasteiger partial charge in [0.15, 0.2) is 0 Å². The number of aliphatic hydroxyl groups is 1. The topological polar surface area (TPSA) is 66.6 Å². The van der Waals surface area contributed by atoms with Crippen molar-refractivity contribution in [3.63, 3.8) is 0 Å². The molecule has 0 heterocycles. The van der Waals surface area contributed by atoms with Crippen LogP contribution in [0.2, 0.25) is 0 Å². The summed E-state index contributed by atoms with van der Waals surface area (Å²) in [5, 5.41) is 9.19. The highest BCUT2D eigenvalue weighted by Gasteiger charge is 2.36. The Morgan fingerprint density at radius 1 is 1.41 bits per heavy atom. The molecule has 1 fully saturated rings. The summed E-state index contributed by atoms with van der Waals surface area (Å²) in [4.78, 5) is 14.1. The highest BCUT2D eigenvalue weighted by molar-refractivity contribution is 5.79. The minimum Gasteiger partial charge on any atom is -0.394 e. The van der Waals surface area contributed by atoms with Gasteiger partial charge in [-0.25, -0.2) is 0 Å². The molecule has 0 aromatic carbocycles. The van der Waals surface area contributed by atoms with Crippen LogP contribution in [0.3, 0.4) is 0 Å². The molecule has 100 valence electrons. The molecule has 0 bridgehead atoms. The number of carbonyl (C=O) groups is 1. The minimum atomic E-state index is -0.461. The second kappa shape index (κ2) is 4.94. The molecule has 1 saturated carbocycles. The van der Waals surface area contributed by atoms with E-state index in [1.165, 1.54) is 0 Å². The zero-order chi connectivity index (χ0) is 13.3. The molecule has 4 nitrogen and oxygen atoms in total. The highest BCUT2D eigenvalue weighted by atomic mass is 16.3. The van der Waals surface area contributed by atoms with Crippen molar-refractivity contribution in [2.75, 3.05) is 13.7 Å². The first-order chi connectivity index (χ1) is 7.69. The SMILES string of the molecule is CN(C(=O)C1CCC(N)(CO)CC1)C(C)(C)C. The Balaban J connectivity index is 2.58. The lowest BCUT2D eigenvalue weighted by Crippen LogP contribution is -2.51. The molecule has 0 saturated heterocycles. The van der Waals surface area contributed by atoms with Crippen LogP contribution in [0, 0.1) is 5.92 Å². The molecular formula is C13H26N2O2. The van der Waals surface area contributed by atoms with Crippen molar-refractivity contribution in [2.45, 2.75) is 57.5 Å². The molecule has 0 atom stereocenters. The number of nitrogens with two attached hydrogens (primary N) is 1. The predicted molar refractivity (Wildman–Crippen MR) is 68.5 cm³/mol. The molecule has 3 N–H and O–H groups in total. The van der Waals surface area contributed by atoms with Gasteiger partial charge in [-0.1, -0.05) is 0 Å². The maximum Gasteiger partial charge on any atom is 0.225 e. The molecule has 0 radical (unpaired) electrons. The van der Waals surface area contributed by atoms with Crippen LogP contribution in [-0.2, 0) is 4.79 Å². The van der Waals surface area contributed by atoms with E-state index >= 15 is 0 Å². The van der Waals surface area contributed by atoms with Crippen LogP contribution >= 0.6 is 0 Å². The maximum absolute atomic E-state index is 12.3. The summed E-state index contributed by atoms with van der Waals surface area (Å²) >= 11 is 0. The number of rotatable bonds is 2. The van der Waals surface area contributed by atoms with E-state index in [-0.39, 0.29) is 24.0 Å². The van der Waals surface area contributed by atoms with Crippen LogP contribution in [0.1, 0.15) is 46.5 Å². The summed E-state index contributed by atoms with van der Waals surface area (Å²) in [5.41, 5.74) is 5.41. The summed E-state index contributed by atoms with van der Waals surface area (Å²) in [6.07, 6.45) is 3.04. The van der Waals surface area contributed by atoms with Gasteiger partial charge in [0.05, 0.1) is 6.61 Å². The molecule has 0 aromatic heterocycles.